The van der Waals surface area contributed by atoms with E-state index in [2.05, 4.69) is 27.1 Å². The number of anilines is 1. The Morgan fingerprint density at radius 3 is 2.69 bits per heavy atom. The summed E-state index contributed by atoms with van der Waals surface area (Å²) in [6.07, 6.45) is 2.14. The molecule has 5 rings (SSSR count). The first-order chi connectivity index (χ1) is 16.9. The van der Waals surface area contributed by atoms with Gasteiger partial charge in [0.25, 0.3) is 5.91 Å². The van der Waals surface area contributed by atoms with Gasteiger partial charge in [-0.15, -0.1) is 0 Å². The molecule has 1 saturated carbocycles. The van der Waals surface area contributed by atoms with Crippen LogP contribution in [-0.2, 0) is 14.4 Å². The maximum atomic E-state index is 13.2. The van der Waals surface area contributed by atoms with Crippen molar-refractivity contribution < 1.29 is 19.2 Å². The molecule has 3 aliphatic rings. The highest BCUT2D eigenvalue weighted by Crippen LogP contribution is 2.34. The molecule has 2 fully saturated rings. The topological polar surface area (TPSA) is 149 Å². The second-order valence-electron chi connectivity index (χ2n) is 9.20. The summed E-state index contributed by atoms with van der Waals surface area (Å²) in [5.41, 5.74) is 2.37. The Labute approximate surface area is 201 Å². The zero-order chi connectivity index (χ0) is 24.7. The van der Waals surface area contributed by atoms with Crippen molar-refractivity contribution in [2.75, 3.05) is 25.1 Å². The van der Waals surface area contributed by atoms with Gasteiger partial charge in [0.15, 0.2) is 0 Å². The fourth-order valence-corrected chi connectivity index (χ4v) is 4.46. The molecular weight excluding hydrogens is 450 g/mol. The normalized spacial score (nSPS) is 21.2. The zero-order valence-electron chi connectivity index (χ0n) is 19.2. The van der Waals surface area contributed by atoms with Crippen molar-refractivity contribution in [1.82, 2.24) is 25.3 Å². The first-order valence-electron chi connectivity index (χ1n) is 11.7. The first kappa shape index (κ1) is 22.6. The number of hydrogen-bond acceptors (Lipinski definition) is 6. The number of fused-ring (bicyclic) bond motifs is 1. The van der Waals surface area contributed by atoms with Gasteiger partial charge in [0.2, 0.25) is 17.7 Å². The van der Waals surface area contributed by atoms with Gasteiger partial charge in [-0.05, 0) is 50.5 Å². The Morgan fingerprint density at radius 2 is 2.00 bits per heavy atom. The van der Waals surface area contributed by atoms with Crippen molar-refractivity contribution in [3.05, 3.63) is 35.5 Å². The van der Waals surface area contributed by atoms with Gasteiger partial charge in [0.1, 0.15) is 11.6 Å². The van der Waals surface area contributed by atoms with E-state index >= 15 is 0 Å². The van der Waals surface area contributed by atoms with Crippen LogP contribution >= 0.6 is 0 Å². The fraction of sp³-hybridized carbons (Fsp3) is 0.417. The number of carbonyl (C=O) groups is 4. The van der Waals surface area contributed by atoms with E-state index in [1.165, 1.54) is 4.90 Å². The summed E-state index contributed by atoms with van der Waals surface area (Å²) in [7, 11) is 0. The van der Waals surface area contributed by atoms with Crippen molar-refractivity contribution in [1.29, 1.82) is 5.26 Å². The minimum absolute atomic E-state index is 0.00807. The number of amides is 4. The Bertz CT molecular complexity index is 1270. The largest absolute Gasteiger partial charge is 0.355 e. The number of nitriles is 1. The van der Waals surface area contributed by atoms with E-state index in [0.717, 1.165) is 12.8 Å². The highest BCUT2D eigenvalue weighted by Gasteiger charge is 2.35. The molecule has 11 nitrogen and oxygen atoms in total. The van der Waals surface area contributed by atoms with Crippen molar-refractivity contribution in [2.45, 2.75) is 32.2 Å². The van der Waals surface area contributed by atoms with Crippen LogP contribution in [-0.4, -0.2) is 58.1 Å². The summed E-state index contributed by atoms with van der Waals surface area (Å²) in [6, 6.07) is 8.55. The van der Waals surface area contributed by atoms with Gasteiger partial charge in [0, 0.05) is 24.6 Å². The molecule has 1 saturated heterocycles. The van der Waals surface area contributed by atoms with Crippen LogP contribution in [0.5, 0.6) is 0 Å². The lowest BCUT2D eigenvalue weighted by atomic mass is 10.1. The summed E-state index contributed by atoms with van der Waals surface area (Å²) in [4.78, 5) is 51.2. The van der Waals surface area contributed by atoms with Crippen LogP contribution in [0.1, 0.15) is 48.3 Å². The molecule has 3 heterocycles. The molecule has 2 atom stereocenters. The maximum Gasteiger partial charge on any atom is 0.273 e. The van der Waals surface area contributed by atoms with Crippen molar-refractivity contribution >= 4 is 29.3 Å². The third-order valence-electron chi connectivity index (χ3n) is 6.58. The number of hydrogen-bond donors (Lipinski definition) is 3. The number of benzene rings is 1. The number of carbonyl (C=O) groups excluding carboxylic acids is 4. The molecule has 4 amide bonds. The highest BCUT2D eigenvalue weighted by molar-refractivity contribution is 6.02. The second kappa shape index (κ2) is 8.87. The summed E-state index contributed by atoms with van der Waals surface area (Å²) in [6.45, 7) is 2.71. The lowest BCUT2D eigenvalue weighted by Crippen LogP contribution is -2.49. The van der Waals surface area contributed by atoms with Crippen LogP contribution in [0.2, 0.25) is 0 Å². The molecule has 1 aliphatic carbocycles. The third-order valence-corrected chi connectivity index (χ3v) is 6.58. The number of nitrogens with one attached hydrogen (secondary N) is 3. The molecule has 0 radical (unpaired) electrons. The van der Waals surface area contributed by atoms with Crippen molar-refractivity contribution in [3.63, 3.8) is 0 Å². The van der Waals surface area contributed by atoms with Crippen LogP contribution in [0.15, 0.2) is 24.3 Å². The minimum atomic E-state index is -0.731. The van der Waals surface area contributed by atoms with Crippen LogP contribution in [0, 0.1) is 23.2 Å². The van der Waals surface area contributed by atoms with Crippen LogP contribution in [0.25, 0.3) is 11.3 Å². The van der Waals surface area contributed by atoms with Crippen molar-refractivity contribution in [3.8, 4) is 17.3 Å². The Balaban J connectivity index is 1.37. The van der Waals surface area contributed by atoms with E-state index < -0.39 is 11.8 Å². The summed E-state index contributed by atoms with van der Waals surface area (Å²) >= 11 is 0. The predicted molar refractivity (Wildman–Crippen MR) is 124 cm³/mol. The first-order valence-corrected chi connectivity index (χ1v) is 11.7. The highest BCUT2D eigenvalue weighted by atomic mass is 16.2. The molecular formula is C24H25N7O4. The number of nitrogens with zero attached hydrogens (tertiary/aromatic N) is 4. The predicted octanol–water partition coefficient (Wildman–Crippen LogP) is 0.997. The van der Waals surface area contributed by atoms with E-state index in [0.29, 0.717) is 47.7 Å². The molecule has 180 valence electrons. The smallest absolute Gasteiger partial charge is 0.273 e. The van der Waals surface area contributed by atoms with Gasteiger partial charge in [0.05, 0.1) is 35.7 Å². The fourth-order valence-electron chi connectivity index (χ4n) is 4.46. The Morgan fingerprint density at radius 1 is 1.20 bits per heavy atom. The quantitative estimate of drug-likeness (QED) is 0.531. The van der Waals surface area contributed by atoms with Gasteiger partial charge in [-0.25, -0.2) is 0 Å². The molecule has 0 spiro atoms. The maximum absolute atomic E-state index is 13.2. The number of aromatic nitrogens is 2. The summed E-state index contributed by atoms with van der Waals surface area (Å²) in [5, 5.41) is 22.2. The van der Waals surface area contributed by atoms with Gasteiger partial charge in [-0.3, -0.25) is 23.9 Å². The Kier molecular flexibility index (Phi) is 5.72. The third kappa shape index (κ3) is 4.35. The molecule has 35 heavy (non-hydrogen) atoms. The number of rotatable bonds is 6. The lowest BCUT2D eigenvalue weighted by molar-refractivity contribution is -0.133. The Hall–Kier alpha value is -4.20. The van der Waals surface area contributed by atoms with Gasteiger partial charge in [-0.1, -0.05) is 0 Å². The van der Waals surface area contributed by atoms with Crippen LogP contribution < -0.4 is 16.0 Å². The van der Waals surface area contributed by atoms with E-state index in [-0.39, 0.29) is 36.3 Å². The van der Waals surface area contributed by atoms with Crippen molar-refractivity contribution in [2.24, 2.45) is 11.8 Å². The van der Waals surface area contributed by atoms with Gasteiger partial charge < -0.3 is 20.9 Å². The molecule has 1 aromatic heterocycles. The molecule has 1 aromatic carbocycles. The summed E-state index contributed by atoms with van der Waals surface area (Å²) < 4.78 is 1.64. The molecule has 1 unspecified atom stereocenters. The second-order valence-corrected chi connectivity index (χ2v) is 9.20. The molecule has 0 bridgehead atoms. The average Bonchev–Trinajstić information content (AvgIpc) is 3.46. The monoisotopic (exact) mass is 475 g/mol. The van der Waals surface area contributed by atoms with E-state index in [1.807, 2.05) is 6.92 Å². The molecule has 11 heteroatoms. The van der Waals surface area contributed by atoms with E-state index in [1.54, 1.807) is 28.9 Å². The SMILES string of the molecule is C[C@H]1CN(CNC(=O)C2CCNC2=O)C(=O)c2cc(-c3ccc(C#N)cc3NC(=O)C3CC3)nn21. The molecule has 2 aromatic rings. The van der Waals surface area contributed by atoms with Gasteiger partial charge in [-0.2, -0.15) is 10.4 Å². The van der Waals surface area contributed by atoms with Crippen LogP contribution in [0.4, 0.5) is 5.69 Å². The zero-order valence-corrected chi connectivity index (χ0v) is 19.2. The van der Waals surface area contributed by atoms with Crippen LogP contribution in [0.3, 0.4) is 0 Å². The standard InChI is InChI=1S/C24H25N7O4/c1-13-11-30(12-27-23(34)17-6-7-26-22(17)33)24(35)20-9-19(29-31(13)20)16-5-2-14(10-25)8-18(16)28-21(32)15-3-4-15/h2,5,8-9,13,15,17H,3-4,6-7,11-12H2,1H3,(H,26,33)(H,27,34)(H,28,32)/t13-,17?/m0/s1. The summed E-state index contributed by atoms with van der Waals surface area (Å²) in [5.74, 6) is -1.82. The molecule has 2 aliphatic heterocycles. The lowest BCUT2D eigenvalue weighted by Gasteiger charge is -2.31. The molecule has 3 N–H and O–H groups in total. The van der Waals surface area contributed by atoms with Gasteiger partial charge >= 0.3 is 0 Å². The minimum Gasteiger partial charge on any atom is -0.355 e. The van der Waals surface area contributed by atoms with E-state index in [4.69, 9.17) is 0 Å². The van der Waals surface area contributed by atoms with E-state index in [9.17, 15) is 24.4 Å². The average molecular weight is 476 g/mol.